The Bertz CT molecular complexity index is 802. The molecular formula is C12H13ClN4O2S. The fraction of sp³-hybridized carbons (Fsp3) is 0.250. The molecule has 1 fully saturated rings. The number of rotatable bonds is 2. The number of fused-ring (bicyclic) bond motifs is 1. The van der Waals surface area contributed by atoms with E-state index in [0.717, 1.165) is 19.3 Å². The van der Waals surface area contributed by atoms with Crippen LogP contribution in [0.2, 0.25) is 5.02 Å². The number of nitrogens with zero attached hydrogens (tertiary/aromatic N) is 2. The summed E-state index contributed by atoms with van der Waals surface area (Å²) in [5, 5.41) is 7.27. The second kappa shape index (κ2) is 4.68. The van der Waals surface area contributed by atoms with E-state index in [2.05, 4.69) is 15.6 Å². The standard InChI is InChI=1S/C12H13ClN4O2S/c1-20(18,19)17-7-10(13)9-3-2-8(6-11(9)17)16-12-14-4-5-15-12/h2-3,6-7H,4-5H2,1H3,(H2,14,15,16). The highest BCUT2D eigenvalue weighted by atomic mass is 35.5. The molecule has 1 aliphatic heterocycles. The molecule has 0 spiro atoms. The summed E-state index contributed by atoms with van der Waals surface area (Å²) in [4.78, 5) is 4.38. The minimum atomic E-state index is -3.40. The van der Waals surface area contributed by atoms with Crippen LogP contribution >= 0.6 is 11.6 Å². The molecule has 1 aliphatic rings. The van der Waals surface area contributed by atoms with Gasteiger partial charge in [-0.1, -0.05) is 11.6 Å². The zero-order valence-corrected chi connectivity index (χ0v) is 12.3. The fourth-order valence-corrected chi connectivity index (χ4v) is 3.24. The quantitative estimate of drug-likeness (QED) is 0.876. The average Bonchev–Trinajstić information content (AvgIpc) is 2.97. The normalized spacial score (nSPS) is 15.2. The smallest absolute Gasteiger partial charge is 0.236 e. The summed E-state index contributed by atoms with van der Waals surface area (Å²) >= 11 is 6.06. The molecule has 3 rings (SSSR count). The van der Waals surface area contributed by atoms with Gasteiger partial charge in [0.05, 0.1) is 22.5 Å². The Morgan fingerprint density at radius 2 is 2.00 bits per heavy atom. The van der Waals surface area contributed by atoms with Gasteiger partial charge in [-0.25, -0.2) is 17.4 Å². The number of hydrogen-bond acceptors (Lipinski definition) is 3. The third kappa shape index (κ3) is 2.34. The van der Waals surface area contributed by atoms with E-state index < -0.39 is 10.0 Å². The summed E-state index contributed by atoms with van der Waals surface area (Å²) in [7, 11) is -3.40. The van der Waals surface area contributed by atoms with Gasteiger partial charge in [-0.3, -0.25) is 0 Å². The molecule has 0 atom stereocenters. The number of hydrogen-bond donors (Lipinski definition) is 2. The molecule has 8 heteroatoms. The van der Waals surface area contributed by atoms with Gasteiger partial charge in [-0.2, -0.15) is 0 Å². The van der Waals surface area contributed by atoms with Crippen molar-refractivity contribution >= 4 is 44.2 Å². The molecule has 1 aromatic heterocycles. The van der Waals surface area contributed by atoms with Crippen molar-refractivity contribution in [2.75, 3.05) is 19.3 Å². The van der Waals surface area contributed by atoms with Crippen molar-refractivity contribution in [2.24, 2.45) is 4.99 Å². The van der Waals surface area contributed by atoms with Crippen LogP contribution in [-0.4, -0.2) is 37.7 Å². The lowest BCUT2D eigenvalue weighted by Gasteiger charge is -2.03. The molecule has 0 saturated carbocycles. The first kappa shape index (κ1) is 13.3. The zero-order valence-electron chi connectivity index (χ0n) is 10.7. The maximum atomic E-state index is 11.8. The number of halogens is 1. The van der Waals surface area contributed by atoms with E-state index in [9.17, 15) is 8.42 Å². The predicted octanol–water partition coefficient (Wildman–Crippen LogP) is 1.28. The van der Waals surface area contributed by atoms with Gasteiger partial charge in [0, 0.05) is 24.7 Å². The van der Waals surface area contributed by atoms with E-state index in [1.54, 1.807) is 18.2 Å². The highest BCUT2D eigenvalue weighted by Gasteiger charge is 2.14. The van der Waals surface area contributed by atoms with Gasteiger partial charge in [0.15, 0.2) is 5.96 Å². The Morgan fingerprint density at radius 3 is 2.65 bits per heavy atom. The molecule has 0 amide bonds. The Labute approximate surface area is 121 Å². The van der Waals surface area contributed by atoms with Crippen LogP contribution in [0.5, 0.6) is 0 Å². The molecular weight excluding hydrogens is 300 g/mol. The number of aliphatic imine (C=N–C) groups is 1. The second-order valence-corrected chi connectivity index (χ2v) is 6.82. The van der Waals surface area contributed by atoms with Crippen molar-refractivity contribution in [3.63, 3.8) is 0 Å². The molecule has 0 bridgehead atoms. The van der Waals surface area contributed by atoms with E-state index in [4.69, 9.17) is 11.6 Å². The molecule has 0 unspecified atom stereocenters. The third-order valence-corrected chi connectivity index (χ3v) is 4.33. The lowest BCUT2D eigenvalue weighted by atomic mass is 10.2. The second-order valence-electron chi connectivity index (χ2n) is 4.55. The van der Waals surface area contributed by atoms with Crippen LogP contribution in [0, 0.1) is 0 Å². The lowest BCUT2D eigenvalue weighted by molar-refractivity contribution is 0.595. The molecule has 20 heavy (non-hydrogen) atoms. The largest absolute Gasteiger partial charge is 0.354 e. The maximum absolute atomic E-state index is 11.8. The summed E-state index contributed by atoms with van der Waals surface area (Å²) < 4.78 is 24.7. The molecule has 0 radical (unpaired) electrons. The molecule has 0 aliphatic carbocycles. The van der Waals surface area contributed by atoms with Gasteiger partial charge >= 0.3 is 0 Å². The molecule has 1 aromatic carbocycles. The first-order valence-electron chi connectivity index (χ1n) is 6.03. The summed E-state index contributed by atoms with van der Waals surface area (Å²) in [5.41, 5.74) is 1.19. The van der Waals surface area contributed by atoms with Gasteiger partial charge in [0.2, 0.25) is 10.0 Å². The van der Waals surface area contributed by atoms with E-state index in [1.807, 2.05) is 0 Å². The van der Waals surface area contributed by atoms with Gasteiger partial charge in [-0.15, -0.1) is 0 Å². The van der Waals surface area contributed by atoms with Crippen molar-refractivity contribution in [2.45, 2.75) is 0 Å². The third-order valence-electron chi connectivity index (χ3n) is 3.01. The predicted molar refractivity (Wildman–Crippen MR) is 80.3 cm³/mol. The van der Waals surface area contributed by atoms with Gasteiger partial charge < -0.3 is 10.6 Å². The molecule has 2 N–H and O–H groups in total. The Hall–Kier alpha value is -1.73. The SMILES string of the molecule is CS(=O)(=O)n1cc(Cl)c2ccc(N=C3NCCN3)cc21. The topological polar surface area (TPSA) is 75.5 Å². The Morgan fingerprint density at radius 1 is 1.30 bits per heavy atom. The number of guanidine groups is 1. The van der Waals surface area contributed by atoms with Gasteiger partial charge in [0.25, 0.3) is 0 Å². The first-order chi connectivity index (χ1) is 9.45. The van der Waals surface area contributed by atoms with Crippen LogP contribution in [-0.2, 0) is 10.0 Å². The Kier molecular flexibility index (Phi) is 3.10. The average molecular weight is 313 g/mol. The minimum Gasteiger partial charge on any atom is -0.354 e. The van der Waals surface area contributed by atoms with Crippen molar-refractivity contribution < 1.29 is 8.42 Å². The summed E-state index contributed by atoms with van der Waals surface area (Å²) in [6.45, 7) is 1.65. The van der Waals surface area contributed by atoms with Crippen LogP contribution in [0.1, 0.15) is 0 Å². The van der Waals surface area contributed by atoms with Crippen LogP contribution in [0.15, 0.2) is 29.4 Å². The highest BCUT2D eigenvalue weighted by Crippen LogP contribution is 2.30. The van der Waals surface area contributed by atoms with Crippen molar-refractivity contribution in [1.29, 1.82) is 0 Å². The molecule has 2 heterocycles. The van der Waals surface area contributed by atoms with Crippen molar-refractivity contribution in [3.05, 3.63) is 29.4 Å². The van der Waals surface area contributed by atoms with E-state index >= 15 is 0 Å². The summed E-state index contributed by atoms with van der Waals surface area (Å²) in [5.74, 6) is 0.688. The van der Waals surface area contributed by atoms with Crippen LogP contribution < -0.4 is 10.6 Å². The number of benzene rings is 1. The number of nitrogens with one attached hydrogen (secondary N) is 2. The van der Waals surface area contributed by atoms with Crippen molar-refractivity contribution in [1.82, 2.24) is 14.6 Å². The molecule has 1 saturated heterocycles. The van der Waals surface area contributed by atoms with Crippen LogP contribution in [0.25, 0.3) is 10.9 Å². The van der Waals surface area contributed by atoms with E-state index in [0.29, 0.717) is 27.6 Å². The summed E-state index contributed by atoms with van der Waals surface area (Å²) in [6, 6.07) is 5.28. The Balaban J connectivity index is 2.17. The fourth-order valence-electron chi connectivity index (χ4n) is 2.12. The van der Waals surface area contributed by atoms with Gasteiger partial charge in [-0.05, 0) is 18.2 Å². The van der Waals surface area contributed by atoms with Gasteiger partial charge in [0.1, 0.15) is 0 Å². The van der Waals surface area contributed by atoms with E-state index in [-0.39, 0.29) is 0 Å². The van der Waals surface area contributed by atoms with Crippen molar-refractivity contribution in [3.8, 4) is 0 Å². The monoisotopic (exact) mass is 312 g/mol. The van der Waals surface area contributed by atoms with Crippen LogP contribution in [0.3, 0.4) is 0 Å². The minimum absolute atomic E-state index is 0.404. The highest BCUT2D eigenvalue weighted by molar-refractivity contribution is 7.89. The molecule has 106 valence electrons. The molecule has 2 aromatic rings. The molecule has 6 nitrogen and oxygen atoms in total. The summed E-state index contributed by atoms with van der Waals surface area (Å²) in [6.07, 6.45) is 2.55. The lowest BCUT2D eigenvalue weighted by Crippen LogP contribution is -2.23. The maximum Gasteiger partial charge on any atom is 0.236 e. The number of aromatic nitrogens is 1. The zero-order chi connectivity index (χ0) is 14.3. The first-order valence-corrected chi connectivity index (χ1v) is 8.25. The van der Waals surface area contributed by atoms with E-state index in [1.165, 1.54) is 10.2 Å². The van der Waals surface area contributed by atoms with Crippen LogP contribution in [0.4, 0.5) is 5.69 Å².